The van der Waals surface area contributed by atoms with Crippen LogP contribution in [0.25, 0.3) is 0 Å². The third kappa shape index (κ3) is 1.66. The summed E-state index contributed by atoms with van der Waals surface area (Å²) in [6.07, 6.45) is 4.97. The van der Waals surface area contributed by atoms with E-state index in [1.807, 2.05) is 18.2 Å². The number of hydrazone groups is 1. The van der Waals surface area contributed by atoms with Crippen molar-refractivity contribution in [2.24, 2.45) is 5.10 Å². The van der Waals surface area contributed by atoms with Crippen molar-refractivity contribution in [3.8, 4) is 0 Å². The number of fused-ring (bicyclic) bond motifs is 1. The minimum Gasteiger partial charge on any atom is -0.273 e. The van der Waals surface area contributed by atoms with Gasteiger partial charge in [0.15, 0.2) is 0 Å². The van der Waals surface area contributed by atoms with Gasteiger partial charge >= 0.3 is 0 Å². The monoisotopic (exact) mass is 228 g/mol. The number of benzene rings is 1. The smallest absolute Gasteiger partial charge is 0.241 e. The van der Waals surface area contributed by atoms with Crippen LogP contribution in [0.1, 0.15) is 37.7 Å². The molecule has 0 radical (unpaired) electrons. The van der Waals surface area contributed by atoms with E-state index in [0.717, 1.165) is 18.6 Å². The lowest BCUT2D eigenvalue weighted by atomic mass is 9.65. The van der Waals surface area contributed by atoms with Gasteiger partial charge < -0.3 is 0 Å². The Kier molecular flexibility index (Phi) is 2.46. The molecular weight excluding hydrogens is 212 g/mol. The Balaban J connectivity index is 2.10. The van der Waals surface area contributed by atoms with E-state index in [1.54, 1.807) is 0 Å². The average molecular weight is 228 g/mol. The summed E-state index contributed by atoms with van der Waals surface area (Å²) < 4.78 is 0. The van der Waals surface area contributed by atoms with Crippen LogP contribution in [-0.2, 0) is 10.2 Å². The van der Waals surface area contributed by atoms with Crippen molar-refractivity contribution >= 4 is 11.6 Å². The fourth-order valence-electron chi connectivity index (χ4n) is 3.07. The maximum absolute atomic E-state index is 11.7. The normalized spacial score (nSPS) is 28.0. The molecule has 1 aliphatic carbocycles. The number of rotatable bonds is 1. The van der Waals surface area contributed by atoms with Crippen molar-refractivity contribution in [1.82, 2.24) is 5.43 Å². The quantitative estimate of drug-likeness (QED) is 0.787. The first-order chi connectivity index (χ1) is 8.31. The number of hydrogen-bond donors (Lipinski definition) is 1. The third-order valence-electron chi connectivity index (χ3n) is 3.92. The van der Waals surface area contributed by atoms with Crippen LogP contribution in [0.4, 0.5) is 0 Å². The van der Waals surface area contributed by atoms with E-state index in [1.165, 1.54) is 18.4 Å². The lowest BCUT2D eigenvalue weighted by Crippen LogP contribution is -2.47. The highest BCUT2D eigenvalue weighted by atomic mass is 16.2. The Morgan fingerprint density at radius 1 is 1.18 bits per heavy atom. The second kappa shape index (κ2) is 3.99. The van der Waals surface area contributed by atoms with Crippen LogP contribution in [-0.4, -0.2) is 11.6 Å². The van der Waals surface area contributed by atoms with Crippen molar-refractivity contribution in [2.75, 3.05) is 0 Å². The number of hydrogen-bond acceptors (Lipinski definition) is 2. The Morgan fingerprint density at radius 2 is 2.00 bits per heavy atom. The maximum Gasteiger partial charge on any atom is 0.241 e. The molecule has 0 spiro atoms. The van der Waals surface area contributed by atoms with E-state index in [-0.39, 0.29) is 11.3 Å². The minimum absolute atomic E-state index is 0.0412. The van der Waals surface area contributed by atoms with E-state index < -0.39 is 0 Å². The van der Waals surface area contributed by atoms with Crippen molar-refractivity contribution in [3.05, 3.63) is 35.9 Å². The second-order valence-corrected chi connectivity index (χ2v) is 4.93. The zero-order valence-corrected chi connectivity index (χ0v) is 9.78. The van der Waals surface area contributed by atoms with Gasteiger partial charge in [0.2, 0.25) is 5.91 Å². The molecule has 1 atom stereocenters. The molecule has 1 aliphatic heterocycles. The summed E-state index contributed by atoms with van der Waals surface area (Å²) in [4.78, 5) is 11.7. The van der Waals surface area contributed by atoms with Crippen molar-refractivity contribution in [1.29, 1.82) is 0 Å². The summed E-state index contributed by atoms with van der Waals surface area (Å²) in [6, 6.07) is 10.4. The number of amides is 1. The number of nitrogens with zero attached hydrogens (tertiary/aromatic N) is 1. The van der Waals surface area contributed by atoms with Gasteiger partial charge in [-0.1, -0.05) is 36.8 Å². The van der Waals surface area contributed by atoms with E-state index in [4.69, 9.17) is 0 Å². The Bertz CT molecular complexity index is 466. The summed E-state index contributed by atoms with van der Waals surface area (Å²) in [6.45, 7) is 0. The molecule has 0 bridgehead atoms. The van der Waals surface area contributed by atoms with Crippen LogP contribution in [0.5, 0.6) is 0 Å². The van der Waals surface area contributed by atoms with Crippen molar-refractivity contribution < 1.29 is 4.79 Å². The molecule has 3 nitrogen and oxygen atoms in total. The van der Waals surface area contributed by atoms with Crippen LogP contribution in [0.2, 0.25) is 0 Å². The molecule has 1 aromatic carbocycles. The zero-order chi connectivity index (χ0) is 11.7. The maximum atomic E-state index is 11.7. The Morgan fingerprint density at radius 3 is 2.82 bits per heavy atom. The summed E-state index contributed by atoms with van der Waals surface area (Å²) in [7, 11) is 0. The van der Waals surface area contributed by atoms with Crippen molar-refractivity contribution in [2.45, 2.75) is 37.5 Å². The predicted octanol–water partition coefficient (Wildman–Crippen LogP) is 2.37. The first-order valence-electron chi connectivity index (χ1n) is 6.23. The molecule has 0 unspecified atom stereocenters. The van der Waals surface area contributed by atoms with Gasteiger partial charge in [0.05, 0.1) is 0 Å². The molecule has 1 heterocycles. The molecule has 0 saturated heterocycles. The third-order valence-corrected chi connectivity index (χ3v) is 3.92. The van der Waals surface area contributed by atoms with E-state index in [9.17, 15) is 4.79 Å². The van der Waals surface area contributed by atoms with E-state index in [0.29, 0.717) is 6.42 Å². The molecule has 1 fully saturated rings. The molecule has 1 aromatic rings. The predicted molar refractivity (Wildman–Crippen MR) is 66.8 cm³/mol. The fraction of sp³-hybridized carbons (Fsp3) is 0.429. The highest BCUT2D eigenvalue weighted by Gasteiger charge is 2.43. The molecular formula is C14H16N2O. The second-order valence-electron chi connectivity index (χ2n) is 4.93. The fourth-order valence-corrected chi connectivity index (χ4v) is 3.07. The molecule has 3 rings (SSSR count). The van der Waals surface area contributed by atoms with Crippen LogP contribution < -0.4 is 5.43 Å². The van der Waals surface area contributed by atoms with Crippen LogP contribution in [0.15, 0.2) is 35.4 Å². The standard InChI is InChI=1S/C14H16N2O/c17-13-10-14(11-6-2-1-3-7-11)9-5-4-8-12(14)15-16-13/h1-3,6-7H,4-5,8-10H2,(H,16,17)/t14-/m1/s1. The minimum atomic E-state index is -0.123. The summed E-state index contributed by atoms with van der Waals surface area (Å²) in [5, 5.41) is 4.30. The first-order valence-corrected chi connectivity index (χ1v) is 6.23. The number of nitrogens with one attached hydrogen (secondary N) is 1. The zero-order valence-electron chi connectivity index (χ0n) is 9.78. The van der Waals surface area contributed by atoms with E-state index in [2.05, 4.69) is 22.7 Å². The van der Waals surface area contributed by atoms with Gasteiger partial charge in [0.1, 0.15) is 0 Å². The molecule has 17 heavy (non-hydrogen) atoms. The van der Waals surface area contributed by atoms with Gasteiger partial charge in [-0.15, -0.1) is 0 Å². The molecule has 0 aromatic heterocycles. The highest BCUT2D eigenvalue weighted by molar-refractivity contribution is 6.02. The van der Waals surface area contributed by atoms with Crippen molar-refractivity contribution in [3.63, 3.8) is 0 Å². The molecule has 2 aliphatic rings. The molecule has 1 saturated carbocycles. The first kappa shape index (κ1) is 10.5. The topological polar surface area (TPSA) is 41.5 Å². The van der Waals surface area contributed by atoms with Crippen LogP contribution >= 0.6 is 0 Å². The summed E-state index contributed by atoms with van der Waals surface area (Å²) >= 11 is 0. The Hall–Kier alpha value is -1.64. The number of carbonyl (C=O) groups excluding carboxylic acids is 1. The highest BCUT2D eigenvalue weighted by Crippen LogP contribution is 2.41. The van der Waals surface area contributed by atoms with Gasteiger partial charge in [0, 0.05) is 17.5 Å². The van der Waals surface area contributed by atoms with Gasteiger partial charge in [-0.3, -0.25) is 4.79 Å². The van der Waals surface area contributed by atoms with Gasteiger partial charge in [-0.2, -0.15) is 5.10 Å². The Labute approximate surface area is 101 Å². The molecule has 88 valence electrons. The summed E-state index contributed by atoms with van der Waals surface area (Å²) in [5.74, 6) is 0.0412. The lowest BCUT2D eigenvalue weighted by Gasteiger charge is -2.40. The molecule has 1 N–H and O–H groups in total. The number of carbonyl (C=O) groups is 1. The summed E-state index contributed by atoms with van der Waals surface area (Å²) in [5.41, 5.74) is 4.91. The van der Waals surface area contributed by atoms with Crippen LogP contribution in [0.3, 0.4) is 0 Å². The lowest BCUT2D eigenvalue weighted by molar-refractivity contribution is -0.122. The molecule has 1 amide bonds. The van der Waals surface area contributed by atoms with Gasteiger partial charge in [-0.05, 0) is 24.8 Å². The molecule has 3 heteroatoms. The SMILES string of the molecule is O=C1C[C@@]2(c3ccccc3)CCCCC2=NN1. The average Bonchev–Trinajstić information content (AvgIpc) is 2.39. The van der Waals surface area contributed by atoms with Gasteiger partial charge in [0.25, 0.3) is 0 Å². The van der Waals surface area contributed by atoms with Crippen LogP contribution in [0, 0.1) is 0 Å². The van der Waals surface area contributed by atoms with E-state index >= 15 is 0 Å². The largest absolute Gasteiger partial charge is 0.273 e. The van der Waals surface area contributed by atoms with Gasteiger partial charge in [-0.25, -0.2) is 5.43 Å².